The molecule has 0 aromatic heterocycles. The van der Waals surface area contributed by atoms with Crippen molar-refractivity contribution in [2.45, 2.75) is 51.6 Å². The van der Waals surface area contributed by atoms with Crippen LogP contribution in [0.5, 0.6) is 11.5 Å². The fourth-order valence-electron chi connectivity index (χ4n) is 6.76. The molecule has 256 valence electrons. The van der Waals surface area contributed by atoms with Gasteiger partial charge < -0.3 is 29.7 Å². The standard InChI is InChI=1S/C38H43N5O6/c1-26(2)43(38(47)39-22-28-13-15-31(48-3)16-14-28)41-25-36(45)42-34(21-27-11-17-32(18-12-27)49-20-19-44)37(46)40(24-35(41)42)23-30-9-6-8-29-7-4-5-10-33(29)30/h4-18,26,34-35,44H,19-25H2,1-3H3,(H,39,47)/t34-,35+/m0/s1. The van der Waals surface area contributed by atoms with E-state index in [1.165, 1.54) is 0 Å². The van der Waals surface area contributed by atoms with Gasteiger partial charge in [-0.15, -0.1) is 0 Å². The van der Waals surface area contributed by atoms with Crippen LogP contribution in [0.15, 0.2) is 91.0 Å². The smallest absolute Gasteiger partial charge is 0.332 e. The highest BCUT2D eigenvalue weighted by Crippen LogP contribution is 2.32. The SMILES string of the molecule is COc1ccc(CNC(=O)N(C(C)C)N2CC(=O)N3[C@@H](Cc4ccc(OCCO)cc4)C(=O)N(Cc4cccc5ccccc45)C[C@@H]32)cc1. The van der Waals surface area contributed by atoms with Gasteiger partial charge in [0.15, 0.2) is 0 Å². The van der Waals surface area contributed by atoms with E-state index in [1.54, 1.807) is 29.2 Å². The molecule has 2 atom stereocenters. The summed E-state index contributed by atoms with van der Waals surface area (Å²) in [5.41, 5.74) is 2.79. The molecule has 0 bridgehead atoms. The fourth-order valence-corrected chi connectivity index (χ4v) is 6.76. The van der Waals surface area contributed by atoms with Crippen molar-refractivity contribution >= 4 is 28.6 Å². The van der Waals surface area contributed by atoms with Crippen molar-refractivity contribution in [1.82, 2.24) is 25.1 Å². The summed E-state index contributed by atoms with van der Waals surface area (Å²) >= 11 is 0. The summed E-state index contributed by atoms with van der Waals surface area (Å²) in [6.07, 6.45) is -0.251. The molecule has 0 aliphatic carbocycles. The van der Waals surface area contributed by atoms with E-state index in [0.29, 0.717) is 25.3 Å². The maximum absolute atomic E-state index is 14.4. The van der Waals surface area contributed by atoms with Crippen molar-refractivity contribution in [3.8, 4) is 11.5 Å². The van der Waals surface area contributed by atoms with Crippen LogP contribution in [0.25, 0.3) is 10.8 Å². The van der Waals surface area contributed by atoms with E-state index < -0.39 is 12.2 Å². The minimum absolute atomic E-state index is 0.0291. The predicted molar refractivity (Wildman–Crippen MR) is 185 cm³/mol. The molecule has 6 rings (SSSR count). The second kappa shape index (κ2) is 15.0. The maximum Gasteiger partial charge on any atom is 0.332 e. The lowest BCUT2D eigenvalue weighted by Gasteiger charge is -2.47. The van der Waals surface area contributed by atoms with E-state index in [-0.39, 0.29) is 50.2 Å². The van der Waals surface area contributed by atoms with Crippen molar-refractivity contribution in [2.24, 2.45) is 0 Å². The van der Waals surface area contributed by atoms with Gasteiger partial charge in [0.05, 0.1) is 26.8 Å². The number of hydrazine groups is 1. The average molecular weight is 666 g/mol. The van der Waals surface area contributed by atoms with Crippen molar-refractivity contribution in [3.05, 3.63) is 108 Å². The van der Waals surface area contributed by atoms with E-state index in [1.807, 2.05) is 84.4 Å². The van der Waals surface area contributed by atoms with Crippen LogP contribution in [0.3, 0.4) is 0 Å². The van der Waals surface area contributed by atoms with E-state index >= 15 is 0 Å². The molecule has 2 aliphatic heterocycles. The Balaban J connectivity index is 1.29. The molecule has 0 unspecified atom stereocenters. The third-order valence-electron chi connectivity index (χ3n) is 9.10. The summed E-state index contributed by atoms with van der Waals surface area (Å²) < 4.78 is 10.8. The summed E-state index contributed by atoms with van der Waals surface area (Å²) in [4.78, 5) is 45.6. The number of amides is 4. The van der Waals surface area contributed by atoms with E-state index in [9.17, 15) is 14.4 Å². The van der Waals surface area contributed by atoms with Gasteiger partial charge in [-0.25, -0.2) is 4.79 Å². The number of ether oxygens (including phenoxy) is 2. The number of piperazine rings is 1. The monoisotopic (exact) mass is 665 g/mol. The predicted octanol–water partition coefficient (Wildman–Crippen LogP) is 4.18. The number of carbonyl (C=O) groups excluding carboxylic acids is 3. The largest absolute Gasteiger partial charge is 0.497 e. The van der Waals surface area contributed by atoms with Crippen molar-refractivity contribution in [3.63, 3.8) is 0 Å². The van der Waals surface area contributed by atoms with Gasteiger partial charge in [-0.3, -0.25) is 14.6 Å². The molecular weight excluding hydrogens is 622 g/mol. The van der Waals surface area contributed by atoms with Crippen LogP contribution < -0.4 is 14.8 Å². The molecule has 2 fully saturated rings. The second-order valence-electron chi connectivity index (χ2n) is 12.6. The Hall–Kier alpha value is -5.13. The molecule has 49 heavy (non-hydrogen) atoms. The van der Waals surface area contributed by atoms with Crippen LogP contribution >= 0.6 is 0 Å². The Morgan fingerprint density at radius 2 is 1.63 bits per heavy atom. The Morgan fingerprint density at radius 1 is 0.939 bits per heavy atom. The van der Waals surface area contributed by atoms with Crippen molar-refractivity contribution in [2.75, 3.05) is 33.4 Å². The van der Waals surface area contributed by atoms with Gasteiger partial charge in [0, 0.05) is 25.6 Å². The number of aliphatic hydroxyl groups is 1. The molecule has 2 aliphatic rings. The number of carbonyl (C=O) groups is 3. The van der Waals surface area contributed by atoms with Crippen molar-refractivity contribution < 1.29 is 29.0 Å². The molecule has 2 N–H and O–H groups in total. The molecule has 4 amide bonds. The number of hydrogen-bond acceptors (Lipinski definition) is 7. The van der Waals surface area contributed by atoms with Crippen LogP contribution in [0, 0.1) is 0 Å². The van der Waals surface area contributed by atoms with Gasteiger partial charge in [-0.1, -0.05) is 66.7 Å². The summed E-state index contributed by atoms with van der Waals surface area (Å²) in [5, 5.41) is 17.7. The van der Waals surface area contributed by atoms with Crippen LogP contribution in [-0.4, -0.2) is 94.4 Å². The van der Waals surface area contributed by atoms with Gasteiger partial charge in [0.2, 0.25) is 11.8 Å². The molecule has 4 aromatic carbocycles. The Labute approximate surface area is 286 Å². The maximum atomic E-state index is 14.4. The zero-order chi connectivity index (χ0) is 34.5. The first-order chi connectivity index (χ1) is 23.8. The first-order valence-corrected chi connectivity index (χ1v) is 16.6. The molecule has 11 heteroatoms. The van der Waals surface area contributed by atoms with Crippen LogP contribution in [0.1, 0.15) is 30.5 Å². The molecule has 0 spiro atoms. The normalized spacial score (nSPS) is 17.8. The number of fused-ring (bicyclic) bond motifs is 2. The molecular formula is C38H43N5O6. The first kappa shape index (κ1) is 33.8. The second-order valence-corrected chi connectivity index (χ2v) is 12.6. The lowest BCUT2D eigenvalue weighted by atomic mass is 9.99. The van der Waals surface area contributed by atoms with Crippen LogP contribution in [0.4, 0.5) is 4.79 Å². The van der Waals surface area contributed by atoms with Gasteiger partial charge in [0.1, 0.15) is 30.3 Å². The van der Waals surface area contributed by atoms with Crippen LogP contribution in [-0.2, 0) is 29.1 Å². The highest BCUT2D eigenvalue weighted by atomic mass is 16.5. The third-order valence-corrected chi connectivity index (χ3v) is 9.10. The zero-order valence-electron chi connectivity index (χ0n) is 28.1. The van der Waals surface area contributed by atoms with E-state index in [4.69, 9.17) is 14.6 Å². The zero-order valence-corrected chi connectivity index (χ0v) is 28.1. The Morgan fingerprint density at radius 3 is 2.35 bits per heavy atom. The number of nitrogens with one attached hydrogen (secondary N) is 1. The molecule has 0 radical (unpaired) electrons. The lowest BCUT2D eigenvalue weighted by Crippen LogP contribution is -2.66. The lowest BCUT2D eigenvalue weighted by molar-refractivity contribution is -0.158. The highest BCUT2D eigenvalue weighted by Gasteiger charge is 2.52. The Kier molecular flexibility index (Phi) is 10.3. The molecule has 2 saturated heterocycles. The summed E-state index contributed by atoms with van der Waals surface area (Å²) in [5.74, 6) is 1.000. The minimum Gasteiger partial charge on any atom is -0.497 e. The summed E-state index contributed by atoms with van der Waals surface area (Å²) in [6.45, 7) is 4.80. The molecule has 2 heterocycles. The number of benzene rings is 4. The number of urea groups is 1. The van der Waals surface area contributed by atoms with Gasteiger partial charge in [-0.05, 0) is 65.6 Å². The van der Waals surface area contributed by atoms with Gasteiger partial charge in [-0.2, -0.15) is 5.01 Å². The van der Waals surface area contributed by atoms with E-state index in [2.05, 4.69) is 23.5 Å². The first-order valence-electron chi connectivity index (χ1n) is 16.6. The fraction of sp³-hybridized carbons (Fsp3) is 0.342. The number of methoxy groups -OCH3 is 1. The summed E-state index contributed by atoms with van der Waals surface area (Å²) in [6, 6.07) is 27.7. The highest BCUT2D eigenvalue weighted by molar-refractivity contribution is 5.92. The number of aliphatic hydroxyl groups excluding tert-OH is 1. The average Bonchev–Trinajstić information content (AvgIpc) is 3.43. The number of nitrogens with zero attached hydrogens (tertiary/aromatic N) is 4. The minimum atomic E-state index is -0.771. The number of rotatable bonds is 12. The van der Waals surface area contributed by atoms with Crippen molar-refractivity contribution in [1.29, 1.82) is 0 Å². The van der Waals surface area contributed by atoms with Gasteiger partial charge >= 0.3 is 6.03 Å². The molecule has 4 aromatic rings. The quantitative estimate of drug-likeness (QED) is 0.234. The third kappa shape index (κ3) is 7.33. The van der Waals surface area contributed by atoms with E-state index in [0.717, 1.165) is 33.2 Å². The molecule has 11 nitrogen and oxygen atoms in total. The van der Waals surface area contributed by atoms with Gasteiger partial charge in [0.25, 0.3) is 0 Å². The molecule has 0 saturated carbocycles. The Bertz CT molecular complexity index is 1770. The topological polar surface area (TPSA) is 115 Å². The number of hydrogen-bond donors (Lipinski definition) is 2. The summed E-state index contributed by atoms with van der Waals surface area (Å²) in [7, 11) is 1.61. The van der Waals surface area contributed by atoms with Crippen LogP contribution in [0.2, 0.25) is 0 Å².